The number of hydrogen-bond acceptors (Lipinski definition) is 4. The first kappa shape index (κ1) is 24.5. The van der Waals surface area contributed by atoms with Crippen molar-refractivity contribution in [3.63, 3.8) is 0 Å². The molecule has 31 heavy (non-hydrogen) atoms. The Morgan fingerprint density at radius 2 is 1.87 bits per heavy atom. The topological polar surface area (TPSA) is 53.0 Å². The monoisotopic (exact) mass is 494 g/mol. The largest absolute Gasteiger partial charge is 0.497 e. The van der Waals surface area contributed by atoms with E-state index in [1.807, 2.05) is 17.9 Å². The number of benzene rings is 1. The first-order valence-electron chi connectivity index (χ1n) is 12.0. The molecule has 6 heteroatoms. The van der Waals surface area contributed by atoms with E-state index in [4.69, 9.17) is 4.74 Å². The van der Waals surface area contributed by atoms with Crippen molar-refractivity contribution in [3.05, 3.63) is 28.2 Å². The van der Waals surface area contributed by atoms with Crippen LogP contribution in [0.15, 0.2) is 22.7 Å². The number of halogens is 1. The number of hydrogen-bond donors (Lipinski definition) is 1. The summed E-state index contributed by atoms with van der Waals surface area (Å²) in [6.45, 7) is 5.97. The molecule has 0 aromatic heterocycles. The fraction of sp³-hybridized carbons (Fsp3) is 0.720. The summed E-state index contributed by atoms with van der Waals surface area (Å²) in [7, 11) is 1.73. The molecule has 0 unspecified atom stereocenters. The van der Waals surface area contributed by atoms with E-state index in [-0.39, 0.29) is 12.5 Å². The number of carbonyl (C=O) groups excluding carboxylic acids is 1. The van der Waals surface area contributed by atoms with Gasteiger partial charge in [0, 0.05) is 17.1 Å². The lowest BCUT2D eigenvalue weighted by Crippen LogP contribution is -2.43. The van der Waals surface area contributed by atoms with Crippen molar-refractivity contribution in [1.29, 1.82) is 0 Å². The van der Waals surface area contributed by atoms with Gasteiger partial charge >= 0.3 is 0 Å². The van der Waals surface area contributed by atoms with Crippen LogP contribution in [0.3, 0.4) is 0 Å². The summed E-state index contributed by atoms with van der Waals surface area (Å²) in [6.07, 6.45) is 9.52. The van der Waals surface area contributed by atoms with Crippen molar-refractivity contribution in [2.24, 2.45) is 11.8 Å². The molecule has 1 N–H and O–H groups in total. The Kier molecular flexibility index (Phi) is 9.67. The lowest BCUT2D eigenvalue weighted by atomic mass is 9.83. The Bertz CT molecular complexity index is 698. The zero-order chi connectivity index (χ0) is 22.2. The van der Waals surface area contributed by atoms with Crippen LogP contribution in [0.1, 0.15) is 57.4 Å². The number of ether oxygens (including phenoxy) is 1. The molecule has 1 aliphatic carbocycles. The Hall–Kier alpha value is -1.11. The lowest BCUT2D eigenvalue weighted by Gasteiger charge is -2.37. The molecule has 174 valence electrons. The summed E-state index contributed by atoms with van der Waals surface area (Å²) in [5, 5.41) is 9.18. The predicted molar refractivity (Wildman–Crippen MR) is 128 cm³/mol. The Morgan fingerprint density at radius 1 is 1.16 bits per heavy atom. The van der Waals surface area contributed by atoms with Crippen molar-refractivity contribution in [2.75, 3.05) is 39.9 Å². The molecular weight excluding hydrogens is 456 g/mol. The second-order valence-corrected chi connectivity index (χ2v) is 10.1. The van der Waals surface area contributed by atoms with Crippen molar-refractivity contribution in [2.45, 2.75) is 64.3 Å². The molecule has 3 rings (SSSR count). The third-order valence-electron chi connectivity index (χ3n) is 7.38. The maximum Gasteiger partial charge on any atom is 0.248 e. The van der Waals surface area contributed by atoms with E-state index in [1.54, 1.807) is 7.11 Å². The summed E-state index contributed by atoms with van der Waals surface area (Å²) >= 11 is 3.70. The molecule has 2 fully saturated rings. The van der Waals surface area contributed by atoms with E-state index in [0.29, 0.717) is 12.6 Å². The van der Waals surface area contributed by atoms with Gasteiger partial charge in [0.1, 0.15) is 12.4 Å². The number of rotatable bonds is 9. The fourth-order valence-corrected chi connectivity index (χ4v) is 5.81. The third-order valence-corrected chi connectivity index (χ3v) is 8.15. The molecule has 0 radical (unpaired) electrons. The van der Waals surface area contributed by atoms with Gasteiger partial charge in [0.05, 0.1) is 7.11 Å². The summed E-state index contributed by atoms with van der Waals surface area (Å²) in [5.41, 5.74) is 1.36. The van der Waals surface area contributed by atoms with Crippen molar-refractivity contribution >= 4 is 21.8 Å². The molecule has 1 saturated carbocycles. The fourth-order valence-electron chi connectivity index (χ4n) is 5.40. The van der Waals surface area contributed by atoms with Crippen LogP contribution in [0.25, 0.3) is 0 Å². The molecule has 0 spiro atoms. The van der Waals surface area contributed by atoms with Gasteiger partial charge in [-0.3, -0.25) is 4.79 Å². The van der Waals surface area contributed by atoms with Crippen LogP contribution in [0, 0.1) is 11.8 Å². The summed E-state index contributed by atoms with van der Waals surface area (Å²) in [4.78, 5) is 16.4. The number of likely N-dealkylation sites (N-methyl/N-ethyl adjacent to an activating group) is 1. The second-order valence-electron chi connectivity index (χ2n) is 9.25. The van der Waals surface area contributed by atoms with Crippen LogP contribution in [-0.4, -0.2) is 66.8 Å². The van der Waals surface area contributed by atoms with E-state index in [1.165, 1.54) is 61.8 Å². The molecule has 2 aliphatic rings. The van der Waals surface area contributed by atoms with E-state index in [2.05, 4.69) is 33.0 Å². The maximum atomic E-state index is 11.9. The number of amides is 1. The van der Waals surface area contributed by atoms with E-state index in [0.717, 1.165) is 36.8 Å². The van der Waals surface area contributed by atoms with Crippen LogP contribution < -0.4 is 4.74 Å². The maximum absolute atomic E-state index is 11.9. The number of aliphatic hydroxyl groups excluding tert-OH is 1. The van der Waals surface area contributed by atoms with Gasteiger partial charge in [-0.25, -0.2) is 0 Å². The Labute approximate surface area is 196 Å². The van der Waals surface area contributed by atoms with Crippen molar-refractivity contribution in [1.82, 2.24) is 9.80 Å². The standard InChI is InChI=1S/C25H39BrN2O3/c1-3-28(25(30)18-29)22-6-4-19(5-7-22)10-13-27-14-11-20(12-15-27)16-21-17-23(31-2)8-9-24(21)26/h8-9,17,19-20,22,29H,3-7,10-16,18H2,1-2H3. The SMILES string of the molecule is CCN(C(=O)CO)C1CCC(CCN2CCC(Cc3cc(OC)ccc3Br)CC2)CC1. The van der Waals surface area contributed by atoms with Gasteiger partial charge in [0.25, 0.3) is 0 Å². The van der Waals surface area contributed by atoms with Crippen molar-refractivity contribution in [3.8, 4) is 5.75 Å². The zero-order valence-electron chi connectivity index (χ0n) is 19.2. The minimum atomic E-state index is -0.363. The van der Waals surface area contributed by atoms with Gasteiger partial charge in [-0.15, -0.1) is 0 Å². The molecule has 0 atom stereocenters. The van der Waals surface area contributed by atoms with Gasteiger partial charge in [-0.1, -0.05) is 15.9 Å². The van der Waals surface area contributed by atoms with Crippen LogP contribution in [0.5, 0.6) is 5.75 Å². The Morgan fingerprint density at radius 3 is 2.48 bits per heavy atom. The van der Waals surface area contributed by atoms with Gasteiger partial charge in [0.2, 0.25) is 5.91 Å². The molecular formula is C25H39BrN2O3. The Balaban J connectivity index is 1.36. The summed E-state index contributed by atoms with van der Waals surface area (Å²) in [5.74, 6) is 2.35. The number of piperidine rings is 1. The highest BCUT2D eigenvalue weighted by Gasteiger charge is 2.28. The highest BCUT2D eigenvalue weighted by atomic mass is 79.9. The quantitative estimate of drug-likeness (QED) is 0.548. The highest BCUT2D eigenvalue weighted by molar-refractivity contribution is 9.10. The van der Waals surface area contributed by atoms with Gasteiger partial charge < -0.3 is 19.6 Å². The molecule has 0 bridgehead atoms. The number of nitrogens with zero attached hydrogens (tertiary/aromatic N) is 2. The predicted octanol–water partition coefficient (Wildman–Crippen LogP) is 4.50. The van der Waals surface area contributed by atoms with Gasteiger partial charge in [-0.2, -0.15) is 0 Å². The van der Waals surface area contributed by atoms with E-state index >= 15 is 0 Å². The first-order valence-corrected chi connectivity index (χ1v) is 12.8. The highest BCUT2D eigenvalue weighted by Crippen LogP contribution is 2.32. The first-order chi connectivity index (χ1) is 15.0. The summed E-state index contributed by atoms with van der Waals surface area (Å²) < 4.78 is 6.58. The number of methoxy groups -OCH3 is 1. The van der Waals surface area contributed by atoms with Gasteiger partial charge in [-0.05, 0) is 114 Å². The van der Waals surface area contributed by atoms with Crippen LogP contribution >= 0.6 is 15.9 Å². The third kappa shape index (κ3) is 6.93. The molecule has 1 aromatic rings. The average molecular weight is 496 g/mol. The van der Waals surface area contributed by atoms with E-state index in [9.17, 15) is 9.90 Å². The number of likely N-dealkylation sites (tertiary alicyclic amines) is 1. The zero-order valence-corrected chi connectivity index (χ0v) is 20.8. The van der Waals surface area contributed by atoms with Crippen LogP contribution in [0.2, 0.25) is 0 Å². The molecule has 5 nitrogen and oxygen atoms in total. The van der Waals surface area contributed by atoms with E-state index < -0.39 is 0 Å². The smallest absolute Gasteiger partial charge is 0.248 e. The number of carbonyl (C=O) groups is 1. The molecule has 1 amide bonds. The van der Waals surface area contributed by atoms with Gasteiger partial charge in [0.15, 0.2) is 0 Å². The normalized spacial score (nSPS) is 23.0. The average Bonchev–Trinajstić information content (AvgIpc) is 2.81. The number of aliphatic hydroxyl groups is 1. The van der Waals surface area contributed by atoms with Crippen LogP contribution in [-0.2, 0) is 11.2 Å². The molecule has 1 heterocycles. The molecule has 1 aromatic carbocycles. The van der Waals surface area contributed by atoms with Crippen LogP contribution in [0.4, 0.5) is 0 Å². The molecule has 1 aliphatic heterocycles. The minimum absolute atomic E-state index is 0.116. The van der Waals surface area contributed by atoms with Crippen molar-refractivity contribution < 1.29 is 14.6 Å². The second kappa shape index (κ2) is 12.2. The minimum Gasteiger partial charge on any atom is -0.497 e. The molecule has 1 saturated heterocycles. The lowest BCUT2D eigenvalue weighted by molar-refractivity contribution is -0.137. The summed E-state index contributed by atoms with van der Waals surface area (Å²) in [6, 6.07) is 6.60.